The highest BCUT2D eigenvalue weighted by Crippen LogP contribution is 2.44. The second-order valence-electron chi connectivity index (χ2n) is 6.53. The summed E-state index contributed by atoms with van der Waals surface area (Å²) in [4.78, 5) is 0. The molecule has 2 heteroatoms. The van der Waals surface area contributed by atoms with Gasteiger partial charge in [0.15, 0.2) is 0 Å². The van der Waals surface area contributed by atoms with E-state index < -0.39 is 0 Å². The minimum Gasteiger partial charge on any atom is -0.316 e. The Morgan fingerprint density at radius 2 is 2.15 bits per heavy atom. The molecule has 1 fully saturated rings. The summed E-state index contributed by atoms with van der Waals surface area (Å²) >= 11 is 0. The third-order valence-corrected chi connectivity index (χ3v) is 4.92. The Balaban J connectivity index is 2.07. The minimum atomic E-state index is -0.110. The predicted octanol–water partition coefficient (Wildman–Crippen LogP) is 4.88. The van der Waals surface area contributed by atoms with E-state index in [9.17, 15) is 4.39 Å². The van der Waals surface area contributed by atoms with Gasteiger partial charge in [0.2, 0.25) is 0 Å². The van der Waals surface area contributed by atoms with Crippen molar-refractivity contribution < 1.29 is 4.39 Å². The van der Waals surface area contributed by atoms with E-state index in [1.54, 1.807) is 12.1 Å². The van der Waals surface area contributed by atoms with Crippen molar-refractivity contribution in [2.24, 2.45) is 5.41 Å². The predicted molar refractivity (Wildman–Crippen MR) is 83.5 cm³/mol. The van der Waals surface area contributed by atoms with Gasteiger partial charge in [0.05, 0.1) is 0 Å². The van der Waals surface area contributed by atoms with Gasteiger partial charge in [0.25, 0.3) is 0 Å². The molecule has 0 radical (unpaired) electrons. The Bertz CT molecular complexity index is 418. The first kappa shape index (κ1) is 15.5. The second-order valence-corrected chi connectivity index (χ2v) is 6.53. The molecule has 0 spiro atoms. The van der Waals surface area contributed by atoms with Gasteiger partial charge in [-0.25, -0.2) is 4.39 Å². The van der Waals surface area contributed by atoms with Gasteiger partial charge in [0.1, 0.15) is 5.82 Å². The smallest absolute Gasteiger partial charge is 0.123 e. The van der Waals surface area contributed by atoms with Crippen LogP contribution in [0.15, 0.2) is 24.3 Å². The first-order chi connectivity index (χ1) is 9.65. The molecule has 2 atom stereocenters. The third-order valence-electron chi connectivity index (χ3n) is 4.92. The zero-order chi connectivity index (χ0) is 14.4. The van der Waals surface area contributed by atoms with E-state index in [4.69, 9.17) is 0 Å². The number of piperidine rings is 1. The number of benzene rings is 1. The zero-order valence-electron chi connectivity index (χ0n) is 12.9. The normalized spacial score (nSPS) is 26.6. The van der Waals surface area contributed by atoms with Gasteiger partial charge >= 0.3 is 0 Å². The van der Waals surface area contributed by atoms with Crippen molar-refractivity contribution in [2.75, 3.05) is 13.1 Å². The number of nitrogens with one attached hydrogen (secondary N) is 1. The van der Waals surface area contributed by atoms with Crippen LogP contribution < -0.4 is 5.32 Å². The van der Waals surface area contributed by atoms with Gasteiger partial charge in [-0.2, -0.15) is 0 Å². The lowest BCUT2D eigenvalue weighted by Crippen LogP contribution is -2.42. The van der Waals surface area contributed by atoms with Crippen LogP contribution in [0.1, 0.15) is 63.9 Å². The molecule has 2 unspecified atom stereocenters. The standard InChI is InChI=1S/C18H28FN/c1-3-4-5-6-10-18(2)11-12-20-14-17(18)15-8-7-9-16(19)13-15/h7-9,13,17,20H,3-6,10-12,14H2,1-2H3. The molecular weight excluding hydrogens is 249 g/mol. The molecule has 1 nitrogen and oxygen atoms in total. The van der Waals surface area contributed by atoms with Gasteiger partial charge in [0, 0.05) is 12.5 Å². The highest BCUT2D eigenvalue weighted by atomic mass is 19.1. The molecule has 0 aliphatic carbocycles. The summed E-state index contributed by atoms with van der Waals surface area (Å²) in [5, 5.41) is 3.49. The fourth-order valence-corrected chi connectivity index (χ4v) is 3.54. The van der Waals surface area contributed by atoms with E-state index in [0.717, 1.165) is 18.7 Å². The number of hydrogen-bond donors (Lipinski definition) is 1. The molecule has 1 heterocycles. The molecule has 0 bridgehead atoms. The SMILES string of the molecule is CCCCCCC1(C)CCNCC1c1cccc(F)c1. The molecule has 20 heavy (non-hydrogen) atoms. The Morgan fingerprint density at radius 3 is 2.90 bits per heavy atom. The van der Waals surface area contributed by atoms with Crippen molar-refractivity contribution in [2.45, 2.75) is 58.3 Å². The molecule has 0 saturated carbocycles. The summed E-state index contributed by atoms with van der Waals surface area (Å²) in [5.41, 5.74) is 1.47. The van der Waals surface area contributed by atoms with Crippen molar-refractivity contribution in [3.63, 3.8) is 0 Å². The van der Waals surface area contributed by atoms with Crippen LogP contribution in [0.25, 0.3) is 0 Å². The summed E-state index contributed by atoms with van der Waals surface area (Å²) in [6.45, 7) is 6.72. The van der Waals surface area contributed by atoms with Crippen LogP contribution in [0.5, 0.6) is 0 Å². The number of hydrogen-bond acceptors (Lipinski definition) is 1. The second kappa shape index (κ2) is 7.21. The van der Waals surface area contributed by atoms with Crippen LogP contribution in [-0.4, -0.2) is 13.1 Å². The molecule has 1 aromatic carbocycles. The van der Waals surface area contributed by atoms with Crippen LogP contribution in [-0.2, 0) is 0 Å². The molecule has 1 N–H and O–H groups in total. The average Bonchev–Trinajstić information content (AvgIpc) is 2.44. The first-order valence-corrected chi connectivity index (χ1v) is 8.12. The third kappa shape index (κ3) is 3.82. The molecule has 112 valence electrons. The van der Waals surface area contributed by atoms with Crippen LogP contribution in [0.2, 0.25) is 0 Å². The first-order valence-electron chi connectivity index (χ1n) is 8.12. The number of rotatable bonds is 6. The van der Waals surface area contributed by atoms with Crippen LogP contribution in [0.4, 0.5) is 4.39 Å². The highest BCUT2D eigenvalue weighted by molar-refractivity contribution is 5.24. The summed E-state index contributed by atoms with van der Waals surface area (Å²) < 4.78 is 13.5. The van der Waals surface area contributed by atoms with E-state index in [0.29, 0.717) is 11.3 Å². The fraction of sp³-hybridized carbons (Fsp3) is 0.667. The monoisotopic (exact) mass is 277 g/mol. The molecule has 2 rings (SSSR count). The van der Waals surface area contributed by atoms with E-state index >= 15 is 0 Å². The van der Waals surface area contributed by atoms with Gasteiger partial charge in [-0.3, -0.25) is 0 Å². The average molecular weight is 277 g/mol. The molecule has 0 aromatic heterocycles. The summed E-state index contributed by atoms with van der Waals surface area (Å²) in [6, 6.07) is 7.20. The Hall–Kier alpha value is -0.890. The highest BCUT2D eigenvalue weighted by Gasteiger charge is 2.36. The molecule has 1 saturated heterocycles. The molecule has 1 aliphatic heterocycles. The van der Waals surface area contributed by atoms with Gasteiger partial charge in [-0.1, -0.05) is 51.7 Å². The van der Waals surface area contributed by atoms with Gasteiger partial charge in [-0.05, 0) is 42.5 Å². The molecule has 1 aliphatic rings. The Kier molecular flexibility index (Phi) is 5.59. The lowest BCUT2D eigenvalue weighted by atomic mass is 9.66. The van der Waals surface area contributed by atoms with Gasteiger partial charge in [-0.15, -0.1) is 0 Å². The summed E-state index contributed by atoms with van der Waals surface area (Å²) in [5.74, 6) is 0.329. The van der Waals surface area contributed by atoms with Crippen molar-refractivity contribution in [1.29, 1.82) is 0 Å². The summed E-state index contributed by atoms with van der Waals surface area (Å²) in [6.07, 6.45) is 7.70. The van der Waals surface area contributed by atoms with E-state index in [1.807, 2.05) is 6.07 Å². The van der Waals surface area contributed by atoms with Gasteiger partial charge < -0.3 is 5.32 Å². The van der Waals surface area contributed by atoms with Crippen molar-refractivity contribution in [3.8, 4) is 0 Å². The Morgan fingerprint density at radius 1 is 1.30 bits per heavy atom. The van der Waals surface area contributed by atoms with Crippen molar-refractivity contribution >= 4 is 0 Å². The lowest BCUT2D eigenvalue weighted by Gasteiger charge is -2.42. The quantitative estimate of drug-likeness (QED) is 0.731. The van der Waals surface area contributed by atoms with E-state index in [-0.39, 0.29) is 5.82 Å². The van der Waals surface area contributed by atoms with E-state index in [2.05, 4.69) is 25.2 Å². The number of halogens is 1. The number of unbranched alkanes of at least 4 members (excludes halogenated alkanes) is 3. The van der Waals surface area contributed by atoms with Crippen LogP contribution >= 0.6 is 0 Å². The summed E-state index contributed by atoms with van der Waals surface area (Å²) in [7, 11) is 0. The topological polar surface area (TPSA) is 12.0 Å². The minimum absolute atomic E-state index is 0.110. The van der Waals surface area contributed by atoms with Crippen molar-refractivity contribution in [3.05, 3.63) is 35.6 Å². The largest absolute Gasteiger partial charge is 0.316 e. The van der Waals surface area contributed by atoms with Crippen molar-refractivity contribution in [1.82, 2.24) is 5.32 Å². The maximum absolute atomic E-state index is 13.5. The maximum Gasteiger partial charge on any atom is 0.123 e. The molecular formula is C18H28FN. The molecule has 0 amide bonds. The lowest BCUT2D eigenvalue weighted by molar-refractivity contribution is 0.166. The fourth-order valence-electron chi connectivity index (χ4n) is 3.54. The molecule has 1 aromatic rings. The zero-order valence-corrected chi connectivity index (χ0v) is 12.9. The van der Waals surface area contributed by atoms with Crippen LogP contribution in [0.3, 0.4) is 0 Å². The maximum atomic E-state index is 13.5. The Labute approximate surface area is 123 Å². The van der Waals surface area contributed by atoms with E-state index in [1.165, 1.54) is 38.5 Å². The van der Waals surface area contributed by atoms with Crippen LogP contribution in [0, 0.1) is 11.2 Å².